The number of unbranched alkanes of at least 4 members (excludes halogenated alkanes) is 8. The van der Waals surface area contributed by atoms with Crippen molar-refractivity contribution in [2.75, 3.05) is 13.7 Å². The summed E-state index contributed by atoms with van der Waals surface area (Å²) < 4.78 is 15.6. The molecule has 0 aromatic heterocycles. The van der Waals surface area contributed by atoms with Gasteiger partial charge in [0.25, 0.3) is 0 Å². The molecule has 0 aliphatic carbocycles. The van der Waals surface area contributed by atoms with Gasteiger partial charge >= 0.3 is 11.9 Å². The lowest BCUT2D eigenvalue weighted by atomic mass is 10.1. The molecular weight excluding hydrogens is 356 g/mol. The van der Waals surface area contributed by atoms with Crippen LogP contribution in [-0.2, 0) is 14.3 Å². The molecule has 0 N–H and O–H groups in total. The normalized spacial score (nSPS) is 10.5. The second-order valence-corrected chi connectivity index (χ2v) is 7.03. The number of esters is 2. The predicted octanol–water partition coefficient (Wildman–Crippen LogP) is 5.84. The maximum Gasteiger partial charge on any atom is 0.311 e. The minimum atomic E-state index is -0.378. The number of hydrogen-bond acceptors (Lipinski definition) is 5. The summed E-state index contributed by atoms with van der Waals surface area (Å²) in [6, 6.07) is 6.98. The molecule has 0 atom stereocenters. The van der Waals surface area contributed by atoms with Gasteiger partial charge in [-0.3, -0.25) is 9.59 Å². The van der Waals surface area contributed by atoms with Crippen LogP contribution in [0.1, 0.15) is 84.0 Å². The smallest absolute Gasteiger partial charge is 0.311 e. The van der Waals surface area contributed by atoms with Crippen LogP contribution in [0.5, 0.6) is 11.5 Å². The highest BCUT2D eigenvalue weighted by Crippen LogP contribution is 2.26. The van der Waals surface area contributed by atoms with Crippen LogP contribution in [0.4, 0.5) is 0 Å². The van der Waals surface area contributed by atoms with Gasteiger partial charge in [0.05, 0.1) is 13.7 Å². The second kappa shape index (κ2) is 16.0. The highest BCUT2D eigenvalue weighted by Gasteiger charge is 2.11. The molecule has 0 bridgehead atoms. The lowest BCUT2D eigenvalue weighted by molar-refractivity contribution is -0.144. The summed E-state index contributed by atoms with van der Waals surface area (Å²) in [7, 11) is 1.52. The SMILES string of the molecule is CCCCCCCCCCCOC(=O)CCCC(=O)Oc1ccccc1OC. The van der Waals surface area contributed by atoms with Gasteiger partial charge in [-0.25, -0.2) is 0 Å². The van der Waals surface area contributed by atoms with Gasteiger partial charge in [-0.05, 0) is 25.0 Å². The molecule has 0 saturated heterocycles. The van der Waals surface area contributed by atoms with Gasteiger partial charge < -0.3 is 14.2 Å². The summed E-state index contributed by atoms with van der Waals surface area (Å²) in [5.74, 6) is 0.278. The fraction of sp³-hybridized carbons (Fsp3) is 0.652. The van der Waals surface area contributed by atoms with Crippen molar-refractivity contribution in [3.63, 3.8) is 0 Å². The quantitative estimate of drug-likeness (QED) is 0.201. The molecule has 0 spiro atoms. The average molecular weight is 393 g/mol. The van der Waals surface area contributed by atoms with E-state index >= 15 is 0 Å². The Bertz CT molecular complexity index is 556. The highest BCUT2D eigenvalue weighted by molar-refractivity contribution is 5.74. The average Bonchev–Trinajstić information content (AvgIpc) is 2.69. The number of rotatable bonds is 16. The fourth-order valence-electron chi connectivity index (χ4n) is 2.92. The number of hydrogen-bond donors (Lipinski definition) is 0. The van der Waals surface area contributed by atoms with Crippen molar-refractivity contribution in [3.05, 3.63) is 24.3 Å². The van der Waals surface area contributed by atoms with E-state index in [0.717, 1.165) is 12.8 Å². The zero-order chi connectivity index (χ0) is 20.5. The Balaban J connectivity index is 1.99. The van der Waals surface area contributed by atoms with Gasteiger partial charge in [0.15, 0.2) is 11.5 Å². The molecule has 0 fully saturated rings. The van der Waals surface area contributed by atoms with Gasteiger partial charge in [0.2, 0.25) is 0 Å². The predicted molar refractivity (Wildman–Crippen MR) is 111 cm³/mol. The van der Waals surface area contributed by atoms with E-state index in [1.807, 2.05) is 0 Å². The van der Waals surface area contributed by atoms with Gasteiger partial charge in [-0.1, -0.05) is 70.4 Å². The number of ether oxygens (including phenoxy) is 3. The second-order valence-electron chi connectivity index (χ2n) is 7.03. The topological polar surface area (TPSA) is 61.8 Å². The number of carbonyl (C=O) groups is 2. The van der Waals surface area contributed by atoms with E-state index < -0.39 is 0 Å². The first kappa shape index (κ1) is 24.0. The first-order chi connectivity index (χ1) is 13.7. The Labute approximate surface area is 169 Å². The minimum absolute atomic E-state index is 0.172. The van der Waals surface area contributed by atoms with Gasteiger partial charge in [-0.2, -0.15) is 0 Å². The number of benzene rings is 1. The van der Waals surface area contributed by atoms with Gasteiger partial charge in [-0.15, -0.1) is 0 Å². The Morgan fingerprint density at radius 3 is 1.96 bits per heavy atom. The summed E-state index contributed by atoms with van der Waals surface area (Å²) in [4.78, 5) is 23.6. The maximum atomic E-state index is 11.9. The third-order valence-electron chi connectivity index (χ3n) is 4.57. The molecule has 0 unspecified atom stereocenters. The van der Waals surface area contributed by atoms with Crippen LogP contribution in [0.3, 0.4) is 0 Å². The van der Waals surface area contributed by atoms with E-state index in [4.69, 9.17) is 14.2 Å². The molecule has 0 heterocycles. The van der Waals surface area contributed by atoms with Crippen molar-refractivity contribution in [1.29, 1.82) is 0 Å². The molecule has 158 valence electrons. The van der Waals surface area contributed by atoms with Crippen LogP contribution < -0.4 is 9.47 Å². The van der Waals surface area contributed by atoms with E-state index in [1.54, 1.807) is 24.3 Å². The number of methoxy groups -OCH3 is 1. The molecule has 5 heteroatoms. The molecule has 0 saturated carbocycles. The van der Waals surface area contributed by atoms with E-state index in [2.05, 4.69) is 6.92 Å². The molecule has 0 radical (unpaired) electrons. The third kappa shape index (κ3) is 11.6. The van der Waals surface area contributed by atoms with Crippen molar-refractivity contribution >= 4 is 11.9 Å². The van der Waals surface area contributed by atoms with E-state index in [-0.39, 0.29) is 24.8 Å². The summed E-state index contributed by atoms with van der Waals surface area (Å²) >= 11 is 0. The Morgan fingerprint density at radius 2 is 1.32 bits per heavy atom. The largest absolute Gasteiger partial charge is 0.493 e. The summed E-state index contributed by atoms with van der Waals surface area (Å²) in [6.07, 6.45) is 11.9. The van der Waals surface area contributed by atoms with Crippen LogP contribution in [0, 0.1) is 0 Å². The van der Waals surface area contributed by atoms with Crippen molar-refractivity contribution in [2.45, 2.75) is 84.0 Å². The van der Waals surface area contributed by atoms with Crippen molar-refractivity contribution in [3.8, 4) is 11.5 Å². The monoisotopic (exact) mass is 392 g/mol. The third-order valence-corrected chi connectivity index (χ3v) is 4.57. The first-order valence-electron chi connectivity index (χ1n) is 10.7. The van der Waals surface area contributed by atoms with E-state index in [0.29, 0.717) is 24.5 Å². The maximum absolute atomic E-state index is 11.9. The molecule has 5 nitrogen and oxygen atoms in total. The van der Waals surface area contributed by atoms with E-state index in [1.165, 1.54) is 52.1 Å². The molecule has 28 heavy (non-hydrogen) atoms. The Hall–Kier alpha value is -2.04. The van der Waals surface area contributed by atoms with Gasteiger partial charge in [0, 0.05) is 12.8 Å². The minimum Gasteiger partial charge on any atom is -0.493 e. The van der Waals surface area contributed by atoms with Crippen molar-refractivity contribution in [2.24, 2.45) is 0 Å². The Kier molecular flexibility index (Phi) is 13.7. The zero-order valence-corrected chi connectivity index (χ0v) is 17.5. The van der Waals surface area contributed by atoms with Crippen molar-refractivity contribution < 1.29 is 23.8 Å². The van der Waals surface area contributed by atoms with E-state index in [9.17, 15) is 9.59 Å². The number of carbonyl (C=O) groups excluding carboxylic acids is 2. The van der Waals surface area contributed by atoms with Gasteiger partial charge in [0.1, 0.15) is 0 Å². The van der Waals surface area contributed by atoms with Crippen LogP contribution in [0.15, 0.2) is 24.3 Å². The summed E-state index contributed by atoms with van der Waals surface area (Å²) in [5.41, 5.74) is 0. The fourth-order valence-corrected chi connectivity index (χ4v) is 2.92. The van der Waals surface area contributed by atoms with Crippen LogP contribution >= 0.6 is 0 Å². The zero-order valence-electron chi connectivity index (χ0n) is 17.5. The molecule has 0 aliphatic rings. The molecule has 0 aliphatic heterocycles. The molecule has 1 rings (SSSR count). The van der Waals surface area contributed by atoms with Crippen LogP contribution in [-0.4, -0.2) is 25.7 Å². The highest BCUT2D eigenvalue weighted by atomic mass is 16.6. The van der Waals surface area contributed by atoms with Crippen LogP contribution in [0.25, 0.3) is 0 Å². The molecule has 1 aromatic rings. The first-order valence-corrected chi connectivity index (χ1v) is 10.7. The molecule has 1 aromatic carbocycles. The summed E-state index contributed by atoms with van der Waals surface area (Å²) in [6.45, 7) is 2.70. The van der Waals surface area contributed by atoms with Crippen molar-refractivity contribution in [1.82, 2.24) is 0 Å². The molecule has 0 amide bonds. The lowest BCUT2D eigenvalue weighted by Crippen LogP contribution is -2.11. The standard InChI is InChI=1S/C23H36O5/c1-3-4-5-6-7-8-9-10-13-19-27-22(24)17-14-18-23(25)28-21-16-12-11-15-20(21)26-2/h11-12,15-16H,3-10,13-14,17-19H2,1-2H3. The molecular formula is C23H36O5. The number of para-hydroxylation sites is 2. The Morgan fingerprint density at radius 1 is 0.750 bits per heavy atom. The lowest BCUT2D eigenvalue weighted by Gasteiger charge is -2.08. The van der Waals surface area contributed by atoms with Crippen LogP contribution in [0.2, 0.25) is 0 Å². The summed E-state index contributed by atoms with van der Waals surface area (Å²) in [5, 5.41) is 0.